The predicted octanol–water partition coefficient (Wildman–Crippen LogP) is 2.76. The van der Waals surface area contributed by atoms with Crippen molar-refractivity contribution in [3.05, 3.63) is 17.5 Å². The lowest BCUT2D eigenvalue weighted by molar-refractivity contribution is -0.141. The average Bonchev–Trinajstić information content (AvgIpc) is 2.39. The van der Waals surface area contributed by atoms with Crippen molar-refractivity contribution in [2.24, 2.45) is 0 Å². The zero-order chi connectivity index (χ0) is 9.78. The molecule has 1 aromatic rings. The van der Waals surface area contributed by atoms with Crippen molar-refractivity contribution in [2.45, 2.75) is 26.9 Å². The Kier molecular flexibility index (Phi) is 3.79. The molecular formula is C7H11F3N2. The second-order valence-corrected chi connectivity index (χ2v) is 1.93. The third kappa shape index (κ3) is 2.94. The topological polar surface area (TPSA) is 28.7 Å². The van der Waals surface area contributed by atoms with Gasteiger partial charge in [-0.25, -0.2) is 0 Å². The lowest BCUT2D eigenvalue weighted by atomic mass is 10.4. The zero-order valence-electron chi connectivity index (χ0n) is 7.16. The maximum Gasteiger partial charge on any atom is 0.435 e. The van der Waals surface area contributed by atoms with E-state index in [0.717, 1.165) is 6.07 Å². The van der Waals surface area contributed by atoms with Crippen LogP contribution in [0, 0.1) is 6.92 Å². The number of nitrogens with zero attached hydrogens (tertiary/aromatic N) is 1. The van der Waals surface area contributed by atoms with Crippen LogP contribution in [-0.4, -0.2) is 10.2 Å². The molecule has 1 rings (SSSR count). The summed E-state index contributed by atoms with van der Waals surface area (Å²) in [5.41, 5.74) is -0.461. The van der Waals surface area contributed by atoms with Crippen LogP contribution in [0.25, 0.3) is 0 Å². The van der Waals surface area contributed by atoms with Crippen LogP contribution < -0.4 is 0 Å². The third-order valence-electron chi connectivity index (χ3n) is 0.996. The second-order valence-electron chi connectivity index (χ2n) is 1.93. The summed E-state index contributed by atoms with van der Waals surface area (Å²) in [5, 5.41) is 5.24. The molecule has 70 valence electrons. The van der Waals surface area contributed by atoms with Gasteiger partial charge in [-0.1, -0.05) is 13.8 Å². The molecule has 0 aliphatic rings. The van der Waals surface area contributed by atoms with Gasteiger partial charge in [0.05, 0.1) is 0 Å². The Morgan fingerprint density at radius 3 is 2.00 bits per heavy atom. The minimum absolute atomic E-state index is 0.410. The maximum atomic E-state index is 11.7. The summed E-state index contributed by atoms with van der Waals surface area (Å²) in [6.45, 7) is 5.52. The van der Waals surface area contributed by atoms with Gasteiger partial charge in [-0.3, -0.25) is 5.10 Å². The fraction of sp³-hybridized carbons (Fsp3) is 0.571. The highest BCUT2D eigenvalue weighted by molar-refractivity contribution is 5.09. The molecule has 1 heterocycles. The monoisotopic (exact) mass is 180 g/mol. The summed E-state index contributed by atoms with van der Waals surface area (Å²) in [5.74, 6) is 0. The molecule has 1 aromatic heterocycles. The Balaban J connectivity index is 0.000000561. The lowest BCUT2D eigenvalue weighted by Crippen LogP contribution is -2.04. The summed E-state index contributed by atoms with van der Waals surface area (Å²) < 4.78 is 35.2. The molecule has 0 aromatic carbocycles. The Labute approximate surface area is 68.8 Å². The number of aromatic nitrogens is 2. The van der Waals surface area contributed by atoms with Gasteiger partial charge in [-0.05, 0) is 13.0 Å². The van der Waals surface area contributed by atoms with E-state index in [2.05, 4.69) is 10.2 Å². The molecule has 0 saturated carbocycles. The van der Waals surface area contributed by atoms with Gasteiger partial charge in [-0.2, -0.15) is 18.3 Å². The van der Waals surface area contributed by atoms with Crippen molar-refractivity contribution in [3.63, 3.8) is 0 Å². The van der Waals surface area contributed by atoms with Crippen molar-refractivity contribution in [1.29, 1.82) is 0 Å². The molecule has 0 bridgehead atoms. The van der Waals surface area contributed by atoms with Crippen LogP contribution >= 0.6 is 0 Å². The quantitative estimate of drug-likeness (QED) is 0.653. The fourth-order valence-corrected chi connectivity index (χ4v) is 0.563. The molecule has 0 atom stereocenters. The van der Waals surface area contributed by atoms with E-state index >= 15 is 0 Å². The number of hydrogen-bond acceptors (Lipinski definition) is 1. The van der Waals surface area contributed by atoms with E-state index in [9.17, 15) is 13.2 Å². The molecule has 0 unspecified atom stereocenters. The minimum Gasteiger partial charge on any atom is -0.282 e. The lowest BCUT2D eigenvalue weighted by Gasteiger charge is -1.98. The largest absolute Gasteiger partial charge is 0.435 e. The van der Waals surface area contributed by atoms with Gasteiger partial charge in [0.25, 0.3) is 0 Å². The SMILES string of the molecule is CC.Cc1cc(C(F)(F)F)n[nH]1. The van der Waals surface area contributed by atoms with Crippen LogP contribution in [0.5, 0.6) is 0 Å². The number of H-pyrrole nitrogens is 1. The second kappa shape index (κ2) is 4.13. The first kappa shape index (κ1) is 11.0. The summed E-state index contributed by atoms with van der Waals surface area (Å²) in [4.78, 5) is 0. The Bertz CT molecular complexity index is 227. The molecule has 2 nitrogen and oxygen atoms in total. The van der Waals surface area contributed by atoms with Gasteiger partial charge >= 0.3 is 6.18 Å². The van der Waals surface area contributed by atoms with E-state index in [1.165, 1.54) is 6.92 Å². The number of alkyl halides is 3. The molecule has 0 fully saturated rings. The highest BCUT2D eigenvalue weighted by Gasteiger charge is 2.33. The number of aryl methyl sites for hydroxylation is 1. The van der Waals surface area contributed by atoms with E-state index in [4.69, 9.17) is 0 Å². The zero-order valence-corrected chi connectivity index (χ0v) is 7.16. The van der Waals surface area contributed by atoms with Gasteiger partial charge in [0.1, 0.15) is 0 Å². The number of nitrogens with one attached hydrogen (secondary N) is 1. The molecule has 0 amide bonds. The standard InChI is InChI=1S/C5H5F3N2.C2H6/c1-3-2-4(10-9-3)5(6,7)8;1-2/h2H,1H3,(H,9,10);1-2H3. The van der Waals surface area contributed by atoms with E-state index in [1.807, 2.05) is 13.8 Å². The first-order chi connectivity index (χ1) is 5.50. The Morgan fingerprint density at radius 2 is 1.83 bits per heavy atom. The fourth-order valence-electron chi connectivity index (χ4n) is 0.563. The predicted molar refractivity (Wildman–Crippen MR) is 39.7 cm³/mol. The van der Waals surface area contributed by atoms with Crippen LogP contribution in [0.1, 0.15) is 25.2 Å². The summed E-state index contributed by atoms with van der Waals surface area (Å²) in [7, 11) is 0. The van der Waals surface area contributed by atoms with Crippen molar-refractivity contribution >= 4 is 0 Å². The average molecular weight is 180 g/mol. The normalized spacial score (nSPS) is 10.5. The van der Waals surface area contributed by atoms with Crippen LogP contribution in [0.15, 0.2) is 6.07 Å². The van der Waals surface area contributed by atoms with Gasteiger partial charge in [0, 0.05) is 5.69 Å². The summed E-state index contributed by atoms with van der Waals surface area (Å²) >= 11 is 0. The van der Waals surface area contributed by atoms with Gasteiger partial charge in [0.15, 0.2) is 5.69 Å². The maximum absolute atomic E-state index is 11.7. The van der Waals surface area contributed by atoms with Crippen molar-refractivity contribution in [1.82, 2.24) is 10.2 Å². The smallest absolute Gasteiger partial charge is 0.282 e. The van der Waals surface area contributed by atoms with Crippen LogP contribution in [0.2, 0.25) is 0 Å². The minimum atomic E-state index is -4.33. The number of halogens is 3. The van der Waals surface area contributed by atoms with Crippen molar-refractivity contribution in [3.8, 4) is 0 Å². The van der Waals surface area contributed by atoms with Crippen LogP contribution in [0.4, 0.5) is 13.2 Å². The Morgan fingerprint density at radius 1 is 1.33 bits per heavy atom. The molecule has 0 spiro atoms. The highest BCUT2D eigenvalue weighted by atomic mass is 19.4. The van der Waals surface area contributed by atoms with Crippen LogP contribution in [-0.2, 0) is 6.18 Å². The van der Waals surface area contributed by atoms with E-state index < -0.39 is 11.9 Å². The number of rotatable bonds is 0. The van der Waals surface area contributed by atoms with Crippen LogP contribution in [0.3, 0.4) is 0 Å². The molecule has 1 N–H and O–H groups in total. The molecule has 0 aliphatic heterocycles. The van der Waals surface area contributed by atoms with Gasteiger partial charge in [0.2, 0.25) is 0 Å². The molecule has 0 aliphatic carbocycles. The molecule has 12 heavy (non-hydrogen) atoms. The van der Waals surface area contributed by atoms with Crippen molar-refractivity contribution < 1.29 is 13.2 Å². The number of hydrogen-bond donors (Lipinski definition) is 1. The van der Waals surface area contributed by atoms with E-state index in [-0.39, 0.29) is 0 Å². The molecule has 5 heteroatoms. The third-order valence-corrected chi connectivity index (χ3v) is 0.996. The number of aromatic amines is 1. The van der Waals surface area contributed by atoms with Gasteiger partial charge < -0.3 is 0 Å². The van der Waals surface area contributed by atoms with Gasteiger partial charge in [-0.15, -0.1) is 0 Å². The highest BCUT2D eigenvalue weighted by Crippen LogP contribution is 2.27. The first-order valence-corrected chi connectivity index (χ1v) is 3.59. The molecular weight excluding hydrogens is 169 g/mol. The molecule has 0 radical (unpaired) electrons. The Hall–Kier alpha value is -1.00. The van der Waals surface area contributed by atoms with E-state index in [0.29, 0.717) is 5.69 Å². The summed E-state index contributed by atoms with van der Waals surface area (Å²) in [6, 6.07) is 0.958. The first-order valence-electron chi connectivity index (χ1n) is 3.59. The van der Waals surface area contributed by atoms with Crippen molar-refractivity contribution in [2.75, 3.05) is 0 Å². The molecule has 0 saturated heterocycles. The summed E-state index contributed by atoms with van der Waals surface area (Å²) in [6.07, 6.45) is -4.33. The van der Waals surface area contributed by atoms with E-state index in [1.54, 1.807) is 0 Å².